The second-order valence-corrected chi connectivity index (χ2v) is 6.73. The van der Waals surface area contributed by atoms with Gasteiger partial charge in [-0.15, -0.1) is 0 Å². The van der Waals surface area contributed by atoms with Crippen LogP contribution in [-0.2, 0) is 0 Å². The number of rotatable bonds is 6. The second kappa shape index (κ2) is 8.54. The van der Waals surface area contributed by atoms with Gasteiger partial charge in [-0.05, 0) is 37.3 Å². The fraction of sp³-hybridized carbons (Fsp3) is 0.0909. The number of nitrogen functional groups attached to an aromatic ring is 1. The first kappa shape index (κ1) is 21.3. The third-order valence-corrected chi connectivity index (χ3v) is 4.53. The van der Waals surface area contributed by atoms with Gasteiger partial charge in [-0.3, -0.25) is 15.0 Å². The van der Waals surface area contributed by atoms with E-state index in [1.807, 2.05) is 0 Å². The predicted octanol–water partition coefficient (Wildman–Crippen LogP) is 2.85. The fourth-order valence-electron chi connectivity index (χ4n) is 2.96. The van der Waals surface area contributed by atoms with Crippen molar-refractivity contribution in [3.8, 4) is 11.3 Å². The summed E-state index contributed by atoms with van der Waals surface area (Å²) in [6, 6.07) is 12.4. The lowest BCUT2D eigenvalue weighted by Crippen LogP contribution is -2.16. The second-order valence-electron chi connectivity index (χ2n) is 6.73. The number of furan rings is 1. The fourth-order valence-corrected chi connectivity index (χ4v) is 2.96. The van der Waals surface area contributed by atoms with Crippen molar-refractivity contribution in [2.45, 2.75) is 6.92 Å². The molecule has 158 valence electrons. The van der Waals surface area contributed by atoms with Gasteiger partial charge < -0.3 is 25.9 Å². The number of nitrogens with two attached hydrogens (primary N) is 1. The van der Waals surface area contributed by atoms with Crippen LogP contribution in [0.5, 0.6) is 0 Å². The van der Waals surface area contributed by atoms with Crippen LogP contribution in [-0.4, -0.2) is 35.8 Å². The van der Waals surface area contributed by atoms with Gasteiger partial charge in [-0.25, -0.2) is 4.79 Å². The molecule has 0 atom stereocenters. The normalized spacial score (nSPS) is 10.4. The summed E-state index contributed by atoms with van der Waals surface area (Å²) in [4.78, 5) is 36.7. The molecule has 3 rings (SSSR count). The number of benzene rings is 2. The van der Waals surface area contributed by atoms with Crippen molar-refractivity contribution in [1.29, 1.82) is 5.41 Å². The molecule has 9 nitrogen and oxygen atoms in total. The molecule has 31 heavy (non-hydrogen) atoms. The van der Waals surface area contributed by atoms with Crippen molar-refractivity contribution in [3.63, 3.8) is 0 Å². The van der Waals surface area contributed by atoms with Crippen LogP contribution in [0.2, 0.25) is 0 Å². The van der Waals surface area contributed by atoms with Crippen LogP contribution < -0.4 is 16.4 Å². The Balaban J connectivity index is 2.04. The van der Waals surface area contributed by atoms with Gasteiger partial charge in [-0.2, -0.15) is 0 Å². The molecule has 2 amide bonds. The highest BCUT2D eigenvalue weighted by atomic mass is 16.4. The van der Waals surface area contributed by atoms with E-state index >= 15 is 0 Å². The van der Waals surface area contributed by atoms with Gasteiger partial charge in [0.1, 0.15) is 17.2 Å². The third kappa shape index (κ3) is 4.45. The maximum Gasteiger partial charge on any atom is 0.339 e. The Morgan fingerprint density at radius 1 is 1.00 bits per heavy atom. The molecule has 0 saturated heterocycles. The minimum absolute atomic E-state index is 0.0928. The van der Waals surface area contributed by atoms with Gasteiger partial charge in [0.25, 0.3) is 11.8 Å². The molecule has 1 aromatic heterocycles. The number of nitrogens with one attached hydrogen (secondary N) is 3. The Labute approximate surface area is 177 Å². The molecular formula is C22H20N4O5. The first-order valence-corrected chi connectivity index (χ1v) is 9.17. The van der Waals surface area contributed by atoms with Crippen LogP contribution in [0.4, 0.5) is 5.69 Å². The largest absolute Gasteiger partial charge is 0.478 e. The molecule has 0 bridgehead atoms. The maximum atomic E-state index is 13.0. The van der Waals surface area contributed by atoms with Crippen molar-refractivity contribution in [3.05, 3.63) is 76.5 Å². The standard InChI is InChI=1S/C22H20N4O5/c1-11-3-8-14(18-16(22(29)30)10-17(31-18)21(28)25-2)15(9-11)20(27)26-13-6-4-12(5-7-13)19(23)24/h3-10H,1-2H3,(H3,23,24)(H,25,28)(H,26,27)(H,29,30). The van der Waals surface area contributed by atoms with Crippen LogP contribution >= 0.6 is 0 Å². The minimum atomic E-state index is -1.29. The highest BCUT2D eigenvalue weighted by Gasteiger charge is 2.25. The third-order valence-electron chi connectivity index (χ3n) is 4.53. The highest BCUT2D eigenvalue weighted by Crippen LogP contribution is 2.31. The molecule has 6 N–H and O–H groups in total. The van der Waals surface area contributed by atoms with Crippen molar-refractivity contribution in [2.24, 2.45) is 5.73 Å². The van der Waals surface area contributed by atoms with E-state index in [0.717, 1.165) is 11.6 Å². The molecule has 0 radical (unpaired) electrons. The summed E-state index contributed by atoms with van der Waals surface area (Å²) in [6.07, 6.45) is 0. The molecule has 0 spiro atoms. The SMILES string of the molecule is CNC(=O)c1cc(C(=O)O)c(-c2ccc(C)cc2C(=O)Nc2ccc(C(=N)N)cc2)o1. The topological polar surface area (TPSA) is 159 Å². The first-order valence-electron chi connectivity index (χ1n) is 9.17. The number of aryl methyl sites for hydroxylation is 1. The van der Waals surface area contributed by atoms with E-state index in [1.54, 1.807) is 49.4 Å². The number of hydrogen-bond donors (Lipinski definition) is 5. The molecule has 0 aliphatic carbocycles. The number of hydrogen-bond acceptors (Lipinski definition) is 5. The van der Waals surface area contributed by atoms with Crippen LogP contribution in [0.25, 0.3) is 11.3 Å². The number of aromatic carboxylic acids is 1. The maximum absolute atomic E-state index is 13.0. The summed E-state index contributed by atoms with van der Waals surface area (Å²) in [5.41, 5.74) is 7.36. The van der Waals surface area contributed by atoms with E-state index in [4.69, 9.17) is 15.6 Å². The Morgan fingerprint density at radius 2 is 1.68 bits per heavy atom. The number of anilines is 1. The number of carboxylic acids is 1. The summed E-state index contributed by atoms with van der Waals surface area (Å²) < 4.78 is 5.53. The van der Waals surface area contributed by atoms with E-state index in [9.17, 15) is 19.5 Å². The van der Waals surface area contributed by atoms with Gasteiger partial charge >= 0.3 is 5.97 Å². The monoisotopic (exact) mass is 420 g/mol. The number of carboxylic acid groups (broad SMARTS) is 1. The minimum Gasteiger partial charge on any atom is -0.478 e. The molecule has 0 fully saturated rings. The Bertz CT molecular complexity index is 1200. The van der Waals surface area contributed by atoms with Gasteiger partial charge in [0.15, 0.2) is 5.76 Å². The van der Waals surface area contributed by atoms with E-state index in [-0.39, 0.29) is 34.0 Å². The van der Waals surface area contributed by atoms with Crippen molar-refractivity contribution in [1.82, 2.24) is 5.32 Å². The van der Waals surface area contributed by atoms with E-state index in [0.29, 0.717) is 11.3 Å². The van der Waals surface area contributed by atoms with Gasteiger partial charge in [0, 0.05) is 29.9 Å². The van der Waals surface area contributed by atoms with Crippen LogP contribution in [0.3, 0.4) is 0 Å². The van der Waals surface area contributed by atoms with E-state index < -0.39 is 17.8 Å². The average molecular weight is 420 g/mol. The molecule has 0 unspecified atom stereocenters. The summed E-state index contributed by atoms with van der Waals surface area (Å²) in [7, 11) is 1.40. The highest BCUT2D eigenvalue weighted by molar-refractivity contribution is 6.10. The zero-order valence-electron chi connectivity index (χ0n) is 16.8. The first-order chi connectivity index (χ1) is 14.7. The molecular weight excluding hydrogens is 400 g/mol. The Hall–Kier alpha value is -4.40. The summed E-state index contributed by atoms with van der Waals surface area (Å²) >= 11 is 0. The van der Waals surface area contributed by atoms with Crippen molar-refractivity contribution >= 4 is 29.3 Å². The predicted molar refractivity (Wildman–Crippen MR) is 115 cm³/mol. The molecule has 3 aromatic rings. The van der Waals surface area contributed by atoms with Gasteiger partial charge in [0.2, 0.25) is 0 Å². The zero-order valence-corrected chi connectivity index (χ0v) is 16.8. The van der Waals surface area contributed by atoms with Crippen LogP contribution in [0.15, 0.2) is 52.9 Å². The summed E-state index contributed by atoms with van der Waals surface area (Å²) in [5.74, 6) is -2.74. The summed E-state index contributed by atoms with van der Waals surface area (Å²) in [6.45, 7) is 1.79. The smallest absolute Gasteiger partial charge is 0.339 e. The average Bonchev–Trinajstić information content (AvgIpc) is 3.19. The van der Waals surface area contributed by atoms with Crippen LogP contribution in [0.1, 0.15) is 42.4 Å². The molecule has 2 aromatic carbocycles. The molecule has 9 heteroatoms. The Morgan fingerprint density at radius 3 is 2.26 bits per heavy atom. The number of amidine groups is 1. The molecule has 0 aliphatic rings. The van der Waals surface area contributed by atoms with Crippen molar-refractivity contribution < 1.29 is 23.9 Å². The molecule has 0 saturated carbocycles. The molecule has 1 heterocycles. The lowest BCUT2D eigenvalue weighted by molar-refractivity contribution is 0.0696. The van der Waals surface area contributed by atoms with Crippen molar-refractivity contribution in [2.75, 3.05) is 12.4 Å². The quantitative estimate of drug-likeness (QED) is 0.305. The number of carbonyl (C=O) groups is 3. The Kier molecular flexibility index (Phi) is 5.87. The lowest BCUT2D eigenvalue weighted by Gasteiger charge is -2.11. The molecule has 0 aliphatic heterocycles. The lowest BCUT2D eigenvalue weighted by atomic mass is 9.99. The van der Waals surface area contributed by atoms with Gasteiger partial charge in [0.05, 0.1) is 5.56 Å². The zero-order chi connectivity index (χ0) is 22.7. The summed E-state index contributed by atoms with van der Waals surface area (Å²) in [5, 5.41) is 22.1. The van der Waals surface area contributed by atoms with E-state index in [2.05, 4.69) is 10.6 Å². The number of amides is 2. The van der Waals surface area contributed by atoms with Crippen LogP contribution in [0, 0.1) is 12.3 Å². The van der Waals surface area contributed by atoms with Gasteiger partial charge in [-0.1, -0.05) is 17.7 Å². The number of carbonyl (C=O) groups excluding carboxylic acids is 2. The van der Waals surface area contributed by atoms with E-state index in [1.165, 1.54) is 7.05 Å².